The maximum atomic E-state index is 9.58. The fourth-order valence-electron chi connectivity index (χ4n) is 4.17. The third kappa shape index (κ3) is 2.88. The van der Waals surface area contributed by atoms with Crippen LogP contribution in [0.15, 0.2) is 24.5 Å². The minimum atomic E-state index is 0.0187. The average molecular weight is 379 g/mol. The lowest BCUT2D eigenvalue weighted by Crippen LogP contribution is -2.40. The summed E-state index contributed by atoms with van der Waals surface area (Å²) in [6.07, 6.45) is 7.63. The predicted molar refractivity (Wildman–Crippen MR) is 108 cm³/mol. The molecule has 1 fully saturated rings. The molecule has 2 N–H and O–H groups in total. The summed E-state index contributed by atoms with van der Waals surface area (Å²) in [5.74, 6) is 1.68. The molecule has 146 valence electrons. The number of aliphatic hydroxyl groups is 1. The third-order valence-electron chi connectivity index (χ3n) is 6.12. The van der Waals surface area contributed by atoms with E-state index in [0.29, 0.717) is 5.65 Å². The van der Waals surface area contributed by atoms with E-state index < -0.39 is 0 Å². The van der Waals surface area contributed by atoms with Crippen molar-refractivity contribution in [3.63, 3.8) is 0 Å². The summed E-state index contributed by atoms with van der Waals surface area (Å²) in [5.41, 5.74) is 3.73. The number of aryl methyl sites for hydroxylation is 1. The monoisotopic (exact) mass is 379 g/mol. The number of hydrogen-bond donors (Lipinski definition) is 2. The standard InChI is InChI=1S/C20H25N7O/c1-20(13-28)6-10-26(11-7-20)16-12-22-17-18(23-16)24-25-19(17)27-9-3-4-14-15(27)5-2-8-21-14/h2,5,8,12,28H,3-4,6-7,9-11,13H2,1H3,(H,23,24,25). The van der Waals surface area contributed by atoms with Crippen molar-refractivity contribution < 1.29 is 5.11 Å². The van der Waals surface area contributed by atoms with Crippen molar-refractivity contribution in [2.24, 2.45) is 5.41 Å². The molecule has 0 unspecified atom stereocenters. The Morgan fingerprint density at radius 2 is 2.07 bits per heavy atom. The van der Waals surface area contributed by atoms with Crippen molar-refractivity contribution in [2.75, 3.05) is 36.0 Å². The largest absolute Gasteiger partial charge is 0.396 e. The number of nitrogens with zero attached hydrogens (tertiary/aromatic N) is 6. The molecule has 5 heterocycles. The van der Waals surface area contributed by atoms with Crippen LogP contribution in [0.1, 0.15) is 31.9 Å². The Morgan fingerprint density at radius 1 is 1.21 bits per heavy atom. The summed E-state index contributed by atoms with van der Waals surface area (Å²) in [5, 5.41) is 17.2. The maximum Gasteiger partial charge on any atom is 0.183 e. The first-order chi connectivity index (χ1) is 13.7. The molecule has 1 saturated heterocycles. The highest BCUT2D eigenvalue weighted by Crippen LogP contribution is 2.35. The summed E-state index contributed by atoms with van der Waals surface area (Å²) in [6.45, 7) is 5.04. The van der Waals surface area contributed by atoms with Crippen molar-refractivity contribution in [1.29, 1.82) is 0 Å². The van der Waals surface area contributed by atoms with Crippen molar-refractivity contribution in [1.82, 2.24) is 25.1 Å². The first-order valence-corrected chi connectivity index (χ1v) is 9.95. The summed E-state index contributed by atoms with van der Waals surface area (Å²) < 4.78 is 0. The number of fused-ring (bicyclic) bond motifs is 2. The average Bonchev–Trinajstić information content (AvgIpc) is 3.17. The van der Waals surface area contributed by atoms with Gasteiger partial charge in [0, 0.05) is 32.4 Å². The van der Waals surface area contributed by atoms with E-state index in [1.807, 2.05) is 18.5 Å². The van der Waals surface area contributed by atoms with Gasteiger partial charge in [0.1, 0.15) is 5.82 Å². The normalized spacial score (nSPS) is 19.1. The number of H-pyrrole nitrogens is 1. The number of piperidine rings is 1. The summed E-state index contributed by atoms with van der Waals surface area (Å²) in [6, 6.07) is 4.06. The molecule has 0 saturated carbocycles. The smallest absolute Gasteiger partial charge is 0.183 e. The minimum absolute atomic E-state index is 0.0187. The van der Waals surface area contributed by atoms with Crippen molar-refractivity contribution in [2.45, 2.75) is 32.6 Å². The summed E-state index contributed by atoms with van der Waals surface area (Å²) in [7, 11) is 0. The highest BCUT2D eigenvalue weighted by Gasteiger charge is 2.30. The van der Waals surface area contributed by atoms with E-state index in [9.17, 15) is 5.11 Å². The van der Waals surface area contributed by atoms with Crippen LogP contribution in [-0.2, 0) is 6.42 Å². The molecule has 0 atom stereocenters. The zero-order valence-electron chi connectivity index (χ0n) is 16.1. The van der Waals surface area contributed by atoms with Crippen LogP contribution in [0.4, 0.5) is 17.3 Å². The molecular weight excluding hydrogens is 354 g/mol. The molecule has 0 aromatic carbocycles. The Hall–Kier alpha value is -2.74. The van der Waals surface area contributed by atoms with Crippen LogP contribution in [0.3, 0.4) is 0 Å². The molecule has 8 heteroatoms. The third-order valence-corrected chi connectivity index (χ3v) is 6.12. The second-order valence-corrected chi connectivity index (χ2v) is 8.15. The van der Waals surface area contributed by atoms with Gasteiger partial charge < -0.3 is 14.9 Å². The number of aromatic nitrogens is 5. The molecule has 5 rings (SSSR count). The van der Waals surface area contributed by atoms with Crippen molar-refractivity contribution in [3.8, 4) is 0 Å². The number of anilines is 3. The fraction of sp³-hybridized carbons (Fsp3) is 0.500. The lowest BCUT2D eigenvalue weighted by Gasteiger charge is -2.38. The minimum Gasteiger partial charge on any atom is -0.396 e. The Bertz CT molecular complexity index is 993. The Morgan fingerprint density at radius 3 is 2.89 bits per heavy atom. The van der Waals surface area contributed by atoms with Crippen LogP contribution in [0.5, 0.6) is 0 Å². The van der Waals surface area contributed by atoms with E-state index in [2.05, 4.69) is 38.0 Å². The van der Waals surface area contributed by atoms with E-state index in [1.165, 1.54) is 0 Å². The lowest BCUT2D eigenvalue weighted by molar-refractivity contribution is 0.114. The summed E-state index contributed by atoms with van der Waals surface area (Å²) in [4.78, 5) is 18.4. The molecule has 2 aliphatic rings. The molecule has 0 spiro atoms. The highest BCUT2D eigenvalue weighted by molar-refractivity contribution is 5.87. The predicted octanol–water partition coefficient (Wildman–Crippen LogP) is 2.43. The highest BCUT2D eigenvalue weighted by atomic mass is 16.3. The second kappa shape index (κ2) is 6.70. The van der Waals surface area contributed by atoms with Crippen LogP contribution >= 0.6 is 0 Å². The van der Waals surface area contributed by atoms with Crippen molar-refractivity contribution >= 4 is 28.5 Å². The van der Waals surface area contributed by atoms with E-state index in [4.69, 9.17) is 9.97 Å². The molecule has 8 nitrogen and oxygen atoms in total. The van der Waals surface area contributed by atoms with Gasteiger partial charge in [-0.15, -0.1) is 0 Å². The molecule has 0 radical (unpaired) electrons. The second-order valence-electron chi connectivity index (χ2n) is 8.15. The SMILES string of the molecule is CC1(CO)CCN(c2cnc3c(N4CCCc5ncccc54)n[nH]c3n2)CC1. The van der Waals surface area contributed by atoms with Gasteiger partial charge in [-0.2, -0.15) is 5.10 Å². The van der Waals surface area contributed by atoms with Crippen LogP contribution < -0.4 is 9.80 Å². The molecule has 28 heavy (non-hydrogen) atoms. The topological polar surface area (TPSA) is 94.1 Å². The Labute approximate surface area is 163 Å². The van der Waals surface area contributed by atoms with Crippen LogP contribution in [0, 0.1) is 5.41 Å². The molecule has 0 bridgehead atoms. The number of aromatic amines is 1. The number of nitrogens with one attached hydrogen (secondary N) is 1. The first kappa shape index (κ1) is 17.4. The molecule has 0 aliphatic carbocycles. The Balaban J connectivity index is 1.44. The zero-order valence-corrected chi connectivity index (χ0v) is 16.1. The number of hydrogen-bond acceptors (Lipinski definition) is 7. The lowest BCUT2D eigenvalue weighted by atomic mass is 9.81. The van der Waals surface area contributed by atoms with E-state index >= 15 is 0 Å². The molecular formula is C20H25N7O. The van der Waals surface area contributed by atoms with Gasteiger partial charge in [-0.25, -0.2) is 9.97 Å². The molecule has 3 aromatic heterocycles. The number of rotatable bonds is 3. The van der Waals surface area contributed by atoms with E-state index in [1.54, 1.807) is 0 Å². The molecule has 3 aromatic rings. The number of aliphatic hydroxyl groups excluding tert-OH is 1. The van der Waals surface area contributed by atoms with Gasteiger partial charge in [0.2, 0.25) is 0 Å². The van der Waals surface area contributed by atoms with Gasteiger partial charge >= 0.3 is 0 Å². The van der Waals surface area contributed by atoms with Gasteiger partial charge in [-0.3, -0.25) is 10.1 Å². The first-order valence-electron chi connectivity index (χ1n) is 9.95. The van der Waals surface area contributed by atoms with Crippen molar-refractivity contribution in [3.05, 3.63) is 30.2 Å². The number of pyridine rings is 1. The van der Waals surface area contributed by atoms with Gasteiger partial charge in [0.25, 0.3) is 0 Å². The van der Waals surface area contributed by atoms with Gasteiger partial charge in [0.15, 0.2) is 17.0 Å². The van der Waals surface area contributed by atoms with Crippen LogP contribution in [-0.4, -0.2) is 56.5 Å². The fourth-order valence-corrected chi connectivity index (χ4v) is 4.17. The van der Waals surface area contributed by atoms with Gasteiger partial charge in [-0.1, -0.05) is 6.92 Å². The van der Waals surface area contributed by atoms with E-state index in [-0.39, 0.29) is 12.0 Å². The Kier molecular flexibility index (Phi) is 4.16. The van der Waals surface area contributed by atoms with Gasteiger partial charge in [0.05, 0.1) is 17.6 Å². The molecule has 2 aliphatic heterocycles. The quantitative estimate of drug-likeness (QED) is 0.722. The van der Waals surface area contributed by atoms with Gasteiger partial charge in [-0.05, 0) is 43.2 Å². The molecule has 0 amide bonds. The van der Waals surface area contributed by atoms with Crippen LogP contribution in [0.2, 0.25) is 0 Å². The van der Waals surface area contributed by atoms with Crippen LogP contribution in [0.25, 0.3) is 11.2 Å². The van der Waals surface area contributed by atoms with E-state index in [0.717, 1.165) is 73.9 Å². The zero-order chi connectivity index (χ0) is 19.1. The maximum absolute atomic E-state index is 9.58. The summed E-state index contributed by atoms with van der Waals surface area (Å²) >= 11 is 0.